The Labute approximate surface area is 123 Å². The van der Waals surface area contributed by atoms with Crippen molar-refractivity contribution in [2.45, 2.75) is 19.3 Å². The third-order valence-electron chi connectivity index (χ3n) is 3.92. The summed E-state index contributed by atoms with van der Waals surface area (Å²) >= 11 is 0. The molecule has 1 aromatic heterocycles. The first-order valence-corrected chi connectivity index (χ1v) is 7.27. The fraction of sp³-hybridized carbons (Fsp3) is 0.294. The summed E-state index contributed by atoms with van der Waals surface area (Å²) in [5.41, 5.74) is 2.10. The Morgan fingerprint density at radius 3 is 2.76 bits per heavy atom. The third kappa shape index (κ3) is 2.68. The Bertz CT molecular complexity index is 730. The van der Waals surface area contributed by atoms with Gasteiger partial charge in [0.1, 0.15) is 11.6 Å². The van der Waals surface area contributed by atoms with Crippen molar-refractivity contribution in [1.82, 2.24) is 9.88 Å². The number of rotatable bonds is 2. The average molecular weight is 279 g/mol. The zero-order chi connectivity index (χ0) is 14.7. The van der Waals surface area contributed by atoms with Crippen molar-refractivity contribution >= 4 is 22.9 Å². The normalized spacial score (nSPS) is 16.0. The van der Waals surface area contributed by atoms with Gasteiger partial charge < -0.3 is 9.88 Å². The van der Waals surface area contributed by atoms with Crippen LogP contribution in [0.2, 0.25) is 0 Å². The summed E-state index contributed by atoms with van der Waals surface area (Å²) in [7, 11) is 0. The maximum absolute atomic E-state index is 12.4. The van der Waals surface area contributed by atoms with E-state index in [4.69, 9.17) is 0 Å². The van der Waals surface area contributed by atoms with Gasteiger partial charge in [-0.05, 0) is 31.4 Å². The van der Waals surface area contributed by atoms with Crippen LogP contribution in [0.4, 0.5) is 0 Å². The van der Waals surface area contributed by atoms with Gasteiger partial charge in [-0.3, -0.25) is 4.79 Å². The van der Waals surface area contributed by atoms with Crippen molar-refractivity contribution in [1.29, 1.82) is 5.26 Å². The van der Waals surface area contributed by atoms with Gasteiger partial charge in [-0.2, -0.15) is 5.26 Å². The average Bonchev–Trinajstić information content (AvgIpc) is 2.96. The van der Waals surface area contributed by atoms with Crippen LogP contribution in [-0.4, -0.2) is 28.9 Å². The highest BCUT2D eigenvalue weighted by Gasteiger charge is 2.20. The summed E-state index contributed by atoms with van der Waals surface area (Å²) in [5, 5.41) is 10.3. The Balaban J connectivity index is 1.92. The van der Waals surface area contributed by atoms with Crippen LogP contribution in [0.1, 0.15) is 24.8 Å². The van der Waals surface area contributed by atoms with Gasteiger partial charge in [-0.15, -0.1) is 0 Å². The van der Waals surface area contributed by atoms with Crippen molar-refractivity contribution in [2.75, 3.05) is 13.1 Å². The number of para-hydroxylation sites is 1. The predicted octanol–water partition coefficient (Wildman–Crippen LogP) is 3.09. The Morgan fingerprint density at radius 1 is 1.24 bits per heavy atom. The maximum Gasteiger partial charge on any atom is 0.264 e. The van der Waals surface area contributed by atoms with E-state index in [1.807, 2.05) is 30.5 Å². The van der Waals surface area contributed by atoms with Crippen LogP contribution in [-0.2, 0) is 4.79 Å². The highest BCUT2D eigenvalue weighted by molar-refractivity contribution is 6.03. The molecule has 1 fully saturated rings. The van der Waals surface area contributed by atoms with E-state index in [0.29, 0.717) is 0 Å². The first-order chi connectivity index (χ1) is 10.3. The third-order valence-corrected chi connectivity index (χ3v) is 3.92. The number of hydrogen-bond acceptors (Lipinski definition) is 2. The molecular weight excluding hydrogens is 262 g/mol. The van der Waals surface area contributed by atoms with Crippen LogP contribution in [0.25, 0.3) is 17.0 Å². The lowest BCUT2D eigenvalue weighted by Gasteiger charge is -2.26. The molecule has 0 saturated carbocycles. The number of aromatic nitrogens is 1. The number of H-pyrrole nitrogens is 1. The molecule has 2 aromatic rings. The first-order valence-electron chi connectivity index (χ1n) is 7.27. The van der Waals surface area contributed by atoms with Gasteiger partial charge in [0.05, 0.1) is 0 Å². The van der Waals surface area contributed by atoms with Gasteiger partial charge in [-0.25, -0.2) is 0 Å². The molecule has 1 amide bonds. The summed E-state index contributed by atoms with van der Waals surface area (Å²) in [5.74, 6) is -0.150. The van der Waals surface area contributed by atoms with Crippen LogP contribution in [0.15, 0.2) is 36.0 Å². The number of piperidine rings is 1. The molecule has 0 radical (unpaired) electrons. The quantitative estimate of drug-likeness (QED) is 0.678. The molecule has 0 atom stereocenters. The predicted molar refractivity (Wildman–Crippen MR) is 82.3 cm³/mol. The monoisotopic (exact) mass is 279 g/mol. The largest absolute Gasteiger partial charge is 0.361 e. The lowest BCUT2D eigenvalue weighted by atomic mass is 10.1. The minimum absolute atomic E-state index is 0.150. The topological polar surface area (TPSA) is 59.9 Å². The number of nitriles is 1. The van der Waals surface area contributed by atoms with Gasteiger partial charge in [0.2, 0.25) is 0 Å². The lowest BCUT2D eigenvalue weighted by molar-refractivity contribution is -0.127. The Hall–Kier alpha value is -2.54. The Kier molecular flexibility index (Phi) is 3.74. The first kappa shape index (κ1) is 13.4. The van der Waals surface area contributed by atoms with Crippen LogP contribution in [0.5, 0.6) is 0 Å². The number of carbonyl (C=O) groups excluding carboxylic acids is 1. The molecule has 2 heterocycles. The van der Waals surface area contributed by atoms with E-state index in [1.54, 1.807) is 11.0 Å². The number of amides is 1. The van der Waals surface area contributed by atoms with Gasteiger partial charge in [0.15, 0.2) is 0 Å². The van der Waals surface area contributed by atoms with Crippen molar-refractivity contribution in [3.05, 3.63) is 41.6 Å². The zero-order valence-corrected chi connectivity index (χ0v) is 11.8. The molecule has 1 N–H and O–H groups in total. The highest BCUT2D eigenvalue weighted by atomic mass is 16.2. The molecule has 3 rings (SSSR count). The zero-order valence-electron chi connectivity index (χ0n) is 11.8. The Morgan fingerprint density at radius 2 is 2.00 bits per heavy atom. The smallest absolute Gasteiger partial charge is 0.264 e. The van der Waals surface area contributed by atoms with E-state index < -0.39 is 0 Å². The second-order valence-electron chi connectivity index (χ2n) is 5.31. The number of fused-ring (bicyclic) bond motifs is 1. The van der Waals surface area contributed by atoms with Crippen molar-refractivity contribution in [3.8, 4) is 6.07 Å². The maximum atomic E-state index is 12.4. The van der Waals surface area contributed by atoms with Crippen LogP contribution in [0.3, 0.4) is 0 Å². The van der Waals surface area contributed by atoms with E-state index in [1.165, 1.54) is 0 Å². The van der Waals surface area contributed by atoms with Gasteiger partial charge in [-0.1, -0.05) is 18.2 Å². The summed E-state index contributed by atoms with van der Waals surface area (Å²) in [4.78, 5) is 17.4. The summed E-state index contributed by atoms with van der Waals surface area (Å²) < 4.78 is 0. The van der Waals surface area contributed by atoms with Crippen molar-refractivity contribution in [3.63, 3.8) is 0 Å². The fourth-order valence-corrected chi connectivity index (χ4v) is 2.78. The molecule has 1 saturated heterocycles. The number of nitrogens with one attached hydrogen (secondary N) is 1. The second-order valence-corrected chi connectivity index (χ2v) is 5.31. The number of hydrogen-bond donors (Lipinski definition) is 1. The number of likely N-dealkylation sites (tertiary alicyclic amines) is 1. The molecule has 0 unspecified atom stereocenters. The number of carbonyl (C=O) groups is 1. The van der Waals surface area contributed by atoms with E-state index in [2.05, 4.69) is 11.1 Å². The molecule has 4 nitrogen and oxygen atoms in total. The number of benzene rings is 1. The molecule has 1 aliphatic rings. The fourth-order valence-electron chi connectivity index (χ4n) is 2.78. The molecule has 4 heteroatoms. The van der Waals surface area contributed by atoms with Crippen LogP contribution < -0.4 is 0 Å². The molecule has 21 heavy (non-hydrogen) atoms. The highest BCUT2D eigenvalue weighted by Crippen LogP contribution is 2.21. The summed E-state index contributed by atoms with van der Waals surface area (Å²) in [6, 6.07) is 9.92. The van der Waals surface area contributed by atoms with Crippen molar-refractivity contribution in [2.24, 2.45) is 0 Å². The molecular formula is C17H17N3O. The molecule has 1 aliphatic heterocycles. The molecule has 0 bridgehead atoms. The van der Waals surface area contributed by atoms with E-state index in [0.717, 1.165) is 48.8 Å². The molecule has 106 valence electrons. The molecule has 0 spiro atoms. The molecule has 1 aromatic carbocycles. The molecule has 0 aliphatic carbocycles. The summed E-state index contributed by atoms with van der Waals surface area (Å²) in [6.07, 6.45) is 6.74. The van der Waals surface area contributed by atoms with E-state index in [-0.39, 0.29) is 11.5 Å². The SMILES string of the molecule is N#C/C(=C\c1c[nH]c2ccccc12)C(=O)N1CCCCC1. The van der Waals surface area contributed by atoms with Crippen LogP contribution >= 0.6 is 0 Å². The standard InChI is InChI=1S/C17H17N3O/c18-11-13(17(21)20-8-4-1-5-9-20)10-14-12-19-16-7-3-2-6-15(14)16/h2-3,6-7,10,12,19H,1,4-5,8-9H2/b13-10+. The summed E-state index contributed by atoms with van der Waals surface area (Å²) in [6.45, 7) is 1.51. The van der Waals surface area contributed by atoms with E-state index >= 15 is 0 Å². The van der Waals surface area contributed by atoms with Crippen molar-refractivity contribution < 1.29 is 4.79 Å². The minimum atomic E-state index is -0.150. The number of aromatic amines is 1. The van der Waals surface area contributed by atoms with E-state index in [9.17, 15) is 10.1 Å². The van der Waals surface area contributed by atoms with Gasteiger partial charge in [0, 0.05) is 35.8 Å². The lowest BCUT2D eigenvalue weighted by Crippen LogP contribution is -2.36. The second kappa shape index (κ2) is 5.84. The van der Waals surface area contributed by atoms with Crippen LogP contribution in [0, 0.1) is 11.3 Å². The van der Waals surface area contributed by atoms with Gasteiger partial charge >= 0.3 is 0 Å². The minimum Gasteiger partial charge on any atom is -0.361 e. The number of nitrogens with zero attached hydrogens (tertiary/aromatic N) is 2. The van der Waals surface area contributed by atoms with Gasteiger partial charge in [0.25, 0.3) is 5.91 Å².